The molecule has 0 bridgehead atoms. The van der Waals surface area contributed by atoms with Crippen LogP contribution in [0.5, 0.6) is 5.75 Å². The lowest BCUT2D eigenvalue weighted by molar-refractivity contribution is 0.0946. The Bertz CT molecular complexity index is 463. The maximum Gasteiger partial charge on any atom is 0.255 e. The standard InChI is InChI=1S/C15H21ClN2O2.ClH/c16-11-6-7-14(20-12-4-1-2-5-12)13(10-11)15(19)18-9-3-8-17;/h6-7,10,12H,1-5,8-9,17H2,(H,18,19);1H. The van der Waals surface area contributed by atoms with Crippen LogP contribution in [0.15, 0.2) is 18.2 Å². The van der Waals surface area contributed by atoms with Gasteiger partial charge in [0, 0.05) is 11.6 Å². The molecule has 1 aromatic carbocycles. The zero-order chi connectivity index (χ0) is 14.4. The van der Waals surface area contributed by atoms with Crippen LogP contribution in [0.1, 0.15) is 42.5 Å². The summed E-state index contributed by atoms with van der Waals surface area (Å²) in [6.07, 6.45) is 5.46. The van der Waals surface area contributed by atoms with Crippen LogP contribution in [0.3, 0.4) is 0 Å². The van der Waals surface area contributed by atoms with Crippen LogP contribution in [-0.4, -0.2) is 25.1 Å². The number of ether oxygens (including phenoxy) is 1. The SMILES string of the molecule is Cl.NCCCNC(=O)c1cc(Cl)ccc1OC1CCCC1. The highest BCUT2D eigenvalue weighted by Crippen LogP contribution is 2.28. The average Bonchev–Trinajstić information content (AvgIpc) is 2.94. The molecule has 3 N–H and O–H groups in total. The van der Waals surface area contributed by atoms with E-state index in [9.17, 15) is 4.79 Å². The number of amides is 1. The molecule has 0 aliphatic heterocycles. The molecule has 4 nitrogen and oxygen atoms in total. The van der Waals surface area contributed by atoms with Gasteiger partial charge in [0.05, 0.1) is 11.7 Å². The van der Waals surface area contributed by atoms with Gasteiger partial charge in [-0.05, 0) is 56.8 Å². The van der Waals surface area contributed by atoms with Crippen molar-refractivity contribution < 1.29 is 9.53 Å². The quantitative estimate of drug-likeness (QED) is 0.786. The first-order valence-electron chi connectivity index (χ1n) is 7.15. The Morgan fingerprint density at radius 3 is 2.76 bits per heavy atom. The third kappa shape index (κ3) is 5.38. The first kappa shape index (κ1) is 18.1. The minimum Gasteiger partial charge on any atom is -0.490 e. The number of nitrogens with two attached hydrogens (primary N) is 1. The summed E-state index contributed by atoms with van der Waals surface area (Å²) >= 11 is 5.98. The summed E-state index contributed by atoms with van der Waals surface area (Å²) in [6, 6.07) is 5.19. The Morgan fingerprint density at radius 2 is 2.10 bits per heavy atom. The fraction of sp³-hybridized carbons (Fsp3) is 0.533. The van der Waals surface area contributed by atoms with Crippen molar-refractivity contribution in [3.05, 3.63) is 28.8 Å². The van der Waals surface area contributed by atoms with Crippen molar-refractivity contribution in [2.24, 2.45) is 5.73 Å². The van der Waals surface area contributed by atoms with E-state index in [-0.39, 0.29) is 24.4 Å². The summed E-state index contributed by atoms with van der Waals surface area (Å²) in [5.74, 6) is 0.459. The Morgan fingerprint density at radius 1 is 1.38 bits per heavy atom. The molecule has 0 unspecified atom stereocenters. The smallest absolute Gasteiger partial charge is 0.255 e. The van der Waals surface area contributed by atoms with Crippen LogP contribution in [0, 0.1) is 0 Å². The molecular formula is C15H22Cl2N2O2. The van der Waals surface area contributed by atoms with E-state index in [0.29, 0.717) is 29.4 Å². The van der Waals surface area contributed by atoms with Crippen LogP contribution < -0.4 is 15.8 Å². The molecule has 1 saturated carbocycles. The van der Waals surface area contributed by atoms with Gasteiger partial charge >= 0.3 is 0 Å². The lowest BCUT2D eigenvalue weighted by Gasteiger charge is -2.16. The number of hydrogen-bond donors (Lipinski definition) is 2. The molecule has 0 aromatic heterocycles. The zero-order valence-electron chi connectivity index (χ0n) is 11.9. The van der Waals surface area contributed by atoms with Crippen molar-refractivity contribution in [3.8, 4) is 5.75 Å². The van der Waals surface area contributed by atoms with Crippen molar-refractivity contribution in [1.29, 1.82) is 0 Å². The molecule has 1 fully saturated rings. The number of benzene rings is 1. The zero-order valence-corrected chi connectivity index (χ0v) is 13.5. The third-order valence-electron chi connectivity index (χ3n) is 3.45. The van der Waals surface area contributed by atoms with Gasteiger partial charge in [-0.2, -0.15) is 0 Å². The third-order valence-corrected chi connectivity index (χ3v) is 3.68. The molecule has 0 spiro atoms. The Balaban J connectivity index is 0.00000220. The first-order valence-corrected chi connectivity index (χ1v) is 7.53. The second kappa shape index (κ2) is 9.13. The summed E-state index contributed by atoms with van der Waals surface area (Å²) in [5.41, 5.74) is 5.92. The van der Waals surface area contributed by atoms with Gasteiger partial charge in [-0.25, -0.2) is 0 Å². The van der Waals surface area contributed by atoms with Gasteiger partial charge in [0.2, 0.25) is 0 Å². The van der Waals surface area contributed by atoms with Crippen LogP contribution in [0.4, 0.5) is 0 Å². The lowest BCUT2D eigenvalue weighted by Crippen LogP contribution is -2.27. The maximum atomic E-state index is 12.2. The fourth-order valence-electron chi connectivity index (χ4n) is 2.37. The van der Waals surface area contributed by atoms with E-state index in [2.05, 4.69) is 5.32 Å². The Hall–Kier alpha value is -0.970. The highest BCUT2D eigenvalue weighted by molar-refractivity contribution is 6.31. The van der Waals surface area contributed by atoms with E-state index < -0.39 is 0 Å². The van der Waals surface area contributed by atoms with Gasteiger partial charge < -0.3 is 15.8 Å². The second-order valence-electron chi connectivity index (χ2n) is 5.06. The second-order valence-corrected chi connectivity index (χ2v) is 5.50. The van der Waals surface area contributed by atoms with Crippen molar-refractivity contribution in [2.45, 2.75) is 38.2 Å². The predicted molar refractivity (Wildman–Crippen MR) is 87.6 cm³/mol. The number of hydrogen-bond acceptors (Lipinski definition) is 3. The number of carbonyl (C=O) groups excluding carboxylic acids is 1. The minimum absolute atomic E-state index is 0. The minimum atomic E-state index is -0.158. The van der Waals surface area contributed by atoms with Gasteiger partial charge in [0.25, 0.3) is 5.91 Å². The molecule has 6 heteroatoms. The topological polar surface area (TPSA) is 64.3 Å². The molecule has 2 rings (SSSR count). The molecule has 0 atom stereocenters. The van der Waals surface area contributed by atoms with E-state index in [1.54, 1.807) is 18.2 Å². The molecule has 1 amide bonds. The molecule has 1 aliphatic rings. The molecular weight excluding hydrogens is 311 g/mol. The average molecular weight is 333 g/mol. The molecule has 0 saturated heterocycles. The van der Waals surface area contributed by atoms with Crippen LogP contribution in [-0.2, 0) is 0 Å². The summed E-state index contributed by atoms with van der Waals surface area (Å²) < 4.78 is 5.94. The highest BCUT2D eigenvalue weighted by Gasteiger charge is 2.20. The molecule has 0 radical (unpaired) electrons. The molecule has 1 aromatic rings. The maximum absolute atomic E-state index is 12.2. The molecule has 1 aliphatic carbocycles. The fourth-order valence-corrected chi connectivity index (χ4v) is 2.54. The van der Waals surface area contributed by atoms with Gasteiger partial charge in [0.1, 0.15) is 5.75 Å². The summed E-state index contributed by atoms with van der Waals surface area (Å²) in [6.45, 7) is 1.12. The van der Waals surface area contributed by atoms with Crippen LogP contribution in [0.2, 0.25) is 5.02 Å². The van der Waals surface area contributed by atoms with E-state index in [1.165, 1.54) is 12.8 Å². The summed E-state index contributed by atoms with van der Waals surface area (Å²) in [4.78, 5) is 12.2. The van der Waals surface area contributed by atoms with E-state index in [1.807, 2.05) is 0 Å². The largest absolute Gasteiger partial charge is 0.490 e. The Labute approximate surface area is 136 Å². The van der Waals surface area contributed by atoms with Crippen molar-refractivity contribution >= 4 is 29.9 Å². The van der Waals surface area contributed by atoms with Crippen molar-refractivity contribution in [1.82, 2.24) is 5.32 Å². The predicted octanol–water partition coefficient (Wildman–Crippen LogP) is 3.16. The van der Waals surface area contributed by atoms with Crippen molar-refractivity contribution in [2.75, 3.05) is 13.1 Å². The monoisotopic (exact) mass is 332 g/mol. The number of rotatable bonds is 6. The summed E-state index contributed by atoms with van der Waals surface area (Å²) in [5, 5.41) is 3.37. The van der Waals surface area contributed by atoms with Gasteiger partial charge in [-0.3, -0.25) is 4.79 Å². The Kier molecular flexibility index (Phi) is 7.86. The van der Waals surface area contributed by atoms with E-state index >= 15 is 0 Å². The molecule has 0 heterocycles. The number of nitrogens with one attached hydrogen (secondary N) is 1. The highest BCUT2D eigenvalue weighted by atomic mass is 35.5. The van der Waals surface area contributed by atoms with Gasteiger partial charge in [-0.15, -0.1) is 12.4 Å². The normalized spacial score (nSPS) is 14.6. The molecule has 21 heavy (non-hydrogen) atoms. The van der Waals surface area contributed by atoms with Crippen LogP contribution >= 0.6 is 24.0 Å². The van der Waals surface area contributed by atoms with Crippen LogP contribution in [0.25, 0.3) is 0 Å². The van der Waals surface area contributed by atoms with E-state index in [4.69, 9.17) is 22.1 Å². The summed E-state index contributed by atoms with van der Waals surface area (Å²) in [7, 11) is 0. The molecule has 118 valence electrons. The van der Waals surface area contributed by atoms with Gasteiger partial charge in [-0.1, -0.05) is 11.6 Å². The number of carbonyl (C=O) groups is 1. The lowest BCUT2D eigenvalue weighted by atomic mass is 10.1. The van der Waals surface area contributed by atoms with E-state index in [0.717, 1.165) is 19.3 Å². The van der Waals surface area contributed by atoms with Crippen molar-refractivity contribution in [3.63, 3.8) is 0 Å². The number of halogens is 2. The first-order chi connectivity index (χ1) is 9.70. The van der Waals surface area contributed by atoms with Gasteiger partial charge in [0.15, 0.2) is 0 Å².